The summed E-state index contributed by atoms with van der Waals surface area (Å²) in [6.45, 7) is 2.08. The van der Waals surface area contributed by atoms with Crippen molar-refractivity contribution >= 4 is 11.9 Å². The van der Waals surface area contributed by atoms with Crippen molar-refractivity contribution in [2.75, 3.05) is 12.3 Å². The van der Waals surface area contributed by atoms with Gasteiger partial charge in [0.05, 0.1) is 12.2 Å². The van der Waals surface area contributed by atoms with Gasteiger partial charge in [0.25, 0.3) is 0 Å². The molecule has 0 unspecified atom stereocenters. The molecule has 0 saturated heterocycles. The molecule has 14 heavy (non-hydrogen) atoms. The van der Waals surface area contributed by atoms with E-state index in [-0.39, 0.29) is 11.6 Å². The summed E-state index contributed by atoms with van der Waals surface area (Å²) in [6, 6.07) is 0. The largest absolute Gasteiger partial charge is 0.461 e. The topological polar surface area (TPSA) is 78.3 Å². The number of rotatable bonds is 3. The highest BCUT2D eigenvalue weighted by molar-refractivity contribution is 5.90. The van der Waals surface area contributed by atoms with Gasteiger partial charge in [-0.25, -0.2) is 4.79 Å². The third-order valence-electron chi connectivity index (χ3n) is 2.21. The molecule has 0 atom stereocenters. The average Bonchev–Trinajstić information content (AvgIpc) is 2.90. The van der Waals surface area contributed by atoms with Crippen LogP contribution in [0.25, 0.3) is 0 Å². The second-order valence-corrected chi connectivity index (χ2v) is 3.30. The van der Waals surface area contributed by atoms with Crippen LogP contribution in [0.5, 0.6) is 0 Å². The van der Waals surface area contributed by atoms with Crippen molar-refractivity contribution in [1.29, 1.82) is 0 Å². The Kier molecular flexibility index (Phi) is 2.15. The second-order valence-electron chi connectivity index (χ2n) is 3.30. The van der Waals surface area contributed by atoms with E-state index in [1.54, 1.807) is 6.92 Å². The second kappa shape index (κ2) is 3.32. The van der Waals surface area contributed by atoms with Gasteiger partial charge in [-0.05, 0) is 25.7 Å². The maximum Gasteiger partial charge on any atom is 0.360 e. The maximum atomic E-state index is 11.4. The van der Waals surface area contributed by atoms with Gasteiger partial charge in [-0.15, -0.1) is 0 Å². The summed E-state index contributed by atoms with van der Waals surface area (Å²) < 4.78 is 9.63. The van der Waals surface area contributed by atoms with Gasteiger partial charge >= 0.3 is 5.97 Å². The van der Waals surface area contributed by atoms with E-state index in [9.17, 15) is 4.79 Å². The summed E-state index contributed by atoms with van der Waals surface area (Å²) >= 11 is 0. The fourth-order valence-electron chi connectivity index (χ4n) is 1.42. The first-order valence-electron chi connectivity index (χ1n) is 4.66. The van der Waals surface area contributed by atoms with Gasteiger partial charge in [-0.1, -0.05) is 5.16 Å². The molecular weight excluding hydrogens is 184 g/mol. The van der Waals surface area contributed by atoms with Crippen LogP contribution in [0, 0.1) is 0 Å². The lowest BCUT2D eigenvalue weighted by Gasteiger charge is -1.99. The Morgan fingerprint density at radius 3 is 3.00 bits per heavy atom. The van der Waals surface area contributed by atoms with Gasteiger partial charge in [0.2, 0.25) is 5.88 Å². The third kappa shape index (κ3) is 1.45. The molecule has 1 aromatic rings. The summed E-state index contributed by atoms with van der Waals surface area (Å²) in [5.41, 5.74) is 6.55. The van der Waals surface area contributed by atoms with Gasteiger partial charge in [0.1, 0.15) is 0 Å². The smallest absolute Gasteiger partial charge is 0.360 e. The summed E-state index contributed by atoms with van der Waals surface area (Å²) in [6.07, 6.45) is 2.08. The summed E-state index contributed by atoms with van der Waals surface area (Å²) in [5, 5.41) is 3.62. The molecule has 0 aromatic carbocycles. The Labute approximate surface area is 81.2 Å². The zero-order valence-corrected chi connectivity index (χ0v) is 7.95. The van der Waals surface area contributed by atoms with E-state index in [0.717, 1.165) is 18.4 Å². The van der Waals surface area contributed by atoms with Gasteiger partial charge < -0.3 is 15.0 Å². The van der Waals surface area contributed by atoms with E-state index in [0.29, 0.717) is 12.5 Å². The average molecular weight is 196 g/mol. The highest BCUT2D eigenvalue weighted by Crippen LogP contribution is 2.44. The van der Waals surface area contributed by atoms with Crippen molar-refractivity contribution in [2.24, 2.45) is 0 Å². The molecule has 1 aliphatic carbocycles. The fraction of sp³-hybridized carbons (Fsp3) is 0.556. The van der Waals surface area contributed by atoms with E-state index >= 15 is 0 Å². The molecule has 1 heterocycles. The molecule has 1 saturated carbocycles. The summed E-state index contributed by atoms with van der Waals surface area (Å²) in [7, 11) is 0. The number of ether oxygens (including phenoxy) is 1. The molecule has 0 amide bonds. The lowest BCUT2D eigenvalue weighted by molar-refractivity contribution is 0.0513. The fourth-order valence-corrected chi connectivity index (χ4v) is 1.42. The molecule has 0 aliphatic heterocycles. The number of nitrogens with two attached hydrogens (primary N) is 1. The first kappa shape index (κ1) is 9.05. The molecule has 76 valence electrons. The maximum absolute atomic E-state index is 11.4. The highest BCUT2D eigenvalue weighted by atomic mass is 16.5. The zero-order chi connectivity index (χ0) is 10.1. The SMILES string of the molecule is CCOC(=O)c1noc(N)c1C1CC1. The number of hydrogen-bond acceptors (Lipinski definition) is 5. The third-order valence-corrected chi connectivity index (χ3v) is 2.21. The molecule has 0 spiro atoms. The predicted molar refractivity (Wildman–Crippen MR) is 48.8 cm³/mol. The Morgan fingerprint density at radius 2 is 2.43 bits per heavy atom. The molecular formula is C9H12N2O3. The minimum absolute atomic E-state index is 0.242. The van der Waals surface area contributed by atoms with Crippen LogP contribution in [0.1, 0.15) is 41.7 Å². The number of carbonyl (C=O) groups excluding carboxylic acids is 1. The zero-order valence-electron chi connectivity index (χ0n) is 7.95. The van der Waals surface area contributed by atoms with Crippen molar-refractivity contribution < 1.29 is 14.1 Å². The molecule has 2 N–H and O–H groups in total. The number of nitrogen functional groups attached to an aromatic ring is 1. The van der Waals surface area contributed by atoms with E-state index in [4.69, 9.17) is 15.0 Å². The Bertz CT molecular complexity index is 355. The lowest BCUT2D eigenvalue weighted by atomic mass is 10.1. The van der Waals surface area contributed by atoms with E-state index in [1.165, 1.54) is 0 Å². The number of hydrogen-bond donors (Lipinski definition) is 1. The van der Waals surface area contributed by atoms with Crippen LogP contribution < -0.4 is 5.73 Å². The number of anilines is 1. The molecule has 0 radical (unpaired) electrons. The number of esters is 1. The quantitative estimate of drug-likeness (QED) is 0.737. The van der Waals surface area contributed by atoms with E-state index < -0.39 is 5.97 Å². The Morgan fingerprint density at radius 1 is 1.71 bits per heavy atom. The van der Waals surface area contributed by atoms with Crippen molar-refractivity contribution in [2.45, 2.75) is 25.7 Å². The highest BCUT2D eigenvalue weighted by Gasteiger charge is 2.34. The van der Waals surface area contributed by atoms with Gasteiger partial charge in [-0.3, -0.25) is 0 Å². The summed E-state index contributed by atoms with van der Waals surface area (Å²) in [4.78, 5) is 11.4. The van der Waals surface area contributed by atoms with Crippen LogP contribution in [-0.4, -0.2) is 17.7 Å². The van der Waals surface area contributed by atoms with Crippen molar-refractivity contribution in [3.8, 4) is 0 Å². The predicted octanol–water partition coefficient (Wildman–Crippen LogP) is 1.31. The van der Waals surface area contributed by atoms with Crippen LogP contribution >= 0.6 is 0 Å². The molecule has 5 heteroatoms. The number of nitrogens with zero attached hydrogens (tertiary/aromatic N) is 1. The van der Waals surface area contributed by atoms with Crippen LogP contribution in [0.3, 0.4) is 0 Å². The molecule has 2 rings (SSSR count). The van der Waals surface area contributed by atoms with E-state index in [2.05, 4.69) is 5.16 Å². The van der Waals surface area contributed by atoms with Crippen LogP contribution in [0.2, 0.25) is 0 Å². The van der Waals surface area contributed by atoms with Crippen molar-refractivity contribution in [3.63, 3.8) is 0 Å². The minimum atomic E-state index is -0.449. The molecule has 0 bridgehead atoms. The molecule has 1 aliphatic rings. The minimum Gasteiger partial charge on any atom is -0.461 e. The molecule has 1 fully saturated rings. The van der Waals surface area contributed by atoms with E-state index in [1.807, 2.05) is 0 Å². The first-order valence-corrected chi connectivity index (χ1v) is 4.66. The number of carbonyl (C=O) groups is 1. The van der Waals surface area contributed by atoms with Crippen molar-refractivity contribution in [3.05, 3.63) is 11.3 Å². The molecule has 5 nitrogen and oxygen atoms in total. The van der Waals surface area contributed by atoms with Crippen molar-refractivity contribution in [1.82, 2.24) is 5.16 Å². The van der Waals surface area contributed by atoms with Crippen LogP contribution in [0.4, 0.5) is 5.88 Å². The Balaban J connectivity index is 2.28. The van der Waals surface area contributed by atoms with Crippen LogP contribution in [-0.2, 0) is 4.74 Å². The van der Waals surface area contributed by atoms with Gasteiger partial charge in [-0.2, -0.15) is 0 Å². The Hall–Kier alpha value is -1.52. The summed E-state index contributed by atoms with van der Waals surface area (Å²) in [5.74, 6) is 0.131. The lowest BCUT2D eigenvalue weighted by Crippen LogP contribution is -2.07. The monoisotopic (exact) mass is 196 g/mol. The number of aromatic nitrogens is 1. The standard InChI is InChI=1S/C9H12N2O3/c1-2-13-9(12)7-6(5-3-4-5)8(10)14-11-7/h5H,2-4,10H2,1H3. The molecule has 1 aromatic heterocycles. The van der Waals surface area contributed by atoms with Gasteiger partial charge in [0, 0.05) is 0 Å². The van der Waals surface area contributed by atoms with Crippen LogP contribution in [0.15, 0.2) is 4.52 Å². The van der Waals surface area contributed by atoms with Gasteiger partial charge in [0.15, 0.2) is 5.69 Å². The normalized spacial score (nSPS) is 15.5. The first-order chi connectivity index (χ1) is 6.74.